The number of hydrogen-bond donors (Lipinski definition) is 1. The molecule has 6 nitrogen and oxygen atoms in total. The van der Waals surface area contributed by atoms with E-state index in [0.29, 0.717) is 29.5 Å². The number of amides is 1. The van der Waals surface area contributed by atoms with Crippen LogP contribution < -0.4 is 5.32 Å². The molecule has 2 rings (SSSR count). The van der Waals surface area contributed by atoms with Crippen molar-refractivity contribution >= 4 is 17.3 Å². The van der Waals surface area contributed by atoms with Crippen molar-refractivity contribution in [3.05, 3.63) is 33.9 Å². The molecule has 2 unspecified atom stereocenters. The normalized spacial score (nSPS) is 21.9. The smallest absolute Gasteiger partial charge is 0.269 e. The number of non-ortho nitro benzene ring substituents is 1. The lowest BCUT2D eigenvalue weighted by atomic mass is 9.92. The van der Waals surface area contributed by atoms with Crippen molar-refractivity contribution in [1.29, 1.82) is 0 Å². The predicted octanol–water partition coefficient (Wildman–Crippen LogP) is 3.21. The highest BCUT2D eigenvalue weighted by Crippen LogP contribution is 2.22. The van der Waals surface area contributed by atoms with Crippen LogP contribution >= 0.6 is 0 Å². The van der Waals surface area contributed by atoms with Crippen molar-refractivity contribution in [3.63, 3.8) is 0 Å². The molecule has 1 heterocycles. The van der Waals surface area contributed by atoms with Crippen molar-refractivity contribution < 1.29 is 9.72 Å². The van der Waals surface area contributed by atoms with Gasteiger partial charge in [0, 0.05) is 43.9 Å². The highest BCUT2D eigenvalue weighted by Gasteiger charge is 2.22. The summed E-state index contributed by atoms with van der Waals surface area (Å²) in [6.07, 6.45) is 1.69. The van der Waals surface area contributed by atoms with E-state index in [1.165, 1.54) is 18.6 Å². The second-order valence-corrected chi connectivity index (χ2v) is 6.76. The standard InChI is InChI=1S/C17H25N3O3/c1-12-8-13(2)11-19(10-12)7-6-17(21)18-16-5-4-15(20(22)23)9-14(16)3/h4-5,9,12-13H,6-8,10-11H2,1-3H3,(H,18,21). The van der Waals surface area contributed by atoms with Gasteiger partial charge in [-0.3, -0.25) is 14.9 Å². The Morgan fingerprint density at radius 3 is 2.57 bits per heavy atom. The van der Waals surface area contributed by atoms with Crippen LogP contribution in [0.25, 0.3) is 0 Å². The number of anilines is 1. The van der Waals surface area contributed by atoms with Gasteiger partial charge in [-0.2, -0.15) is 0 Å². The predicted molar refractivity (Wildman–Crippen MR) is 90.5 cm³/mol. The zero-order valence-electron chi connectivity index (χ0n) is 14.0. The fourth-order valence-corrected chi connectivity index (χ4v) is 3.35. The van der Waals surface area contributed by atoms with E-state index in [1.807, 2.05) is 0 Å². The highest BCUT2D eigenvalue weighted by atomic mass is 16.6. The average Bonchev–Trinajstić information content (AvgIpc) is 2.46. The molecule has 1 aromatic carbocycles. The van der Waals surface area contributed by atoms with Gasteiger partial charge in [-0.15, -0.1) is 0 Å². The van der Waals surface area contributed by atoms with E-state index in [4.69, 9.17) is 0 Å². The topological polar surface area (TPSA) is 75.5 Å². The zero-order chi connectivity index (χ0) is 17.0. The number of hydrogen-bond acceptors (Lipinski definition) is 4. The number of nitro benzene ring substituents is 1. The van der Waals surface area contributed by atoms with Crippen molar-refractivity contribution in [3.8, 4) is 0 Å². The Morgan fingerprint density at radius 2 is 2.00 bits per heavy atom. The van der Waals surface area contributed by atoms with Gasteiger partial charge in [0.05, 0.1) is 4.92 Å². The summed E-state index contributed by atoms with van der Waals surface area (Å²) in [5.41, 5.74) is 1.38. The van der Waals surface area contributed by atoms with Gasteiger partial charge in [-0.1, -0.05) is 13.8 Å². The molecular formula is C17H25N3O3. The number of carbonyl (C=O) groups excluding carboxylic acids is 1. The number of nitro groups is 1. The molecular weight excluding hydrogens is 294 g/mol. The van der Waals surface area contributed by atoms with Gasteiger partial charge in [0.25, 0.3) is 5.69 Å². The fraction of sp³-hybridized carbons (Fsp3) is 0.588. The maximum absolute atomic E-state index is 12.1. The minimum Gasteiger partial charge on any atom is -0.326 e. The summed E-state index contributed by atoms with van der Waals surface area (Å²) >= 11 is 0. The summed E-state index contributed by atoms with van der Waals surface area (Å²) in [6, 6.07) is 4.48. The maximum Gasteiger partial charge on any atom is 0.269 e. The lowest BCUT2D eigenvalue weighted by Gasteiger charge is -2.34. The minimum atomic E-state index is -0.433. The molecule has 1 saturated heterocycles. The van der Waals surface area contributed by atoms with Gasteiger partial charge in [0.15, 0.2) is 0 Å². The van der Waals surface area contributed by atoms with Crippen molar-refractivity contribution in [2.45, 2.75) is 33.6 Å². The van der Waals surface area contributed by atoms with E-state index >= 15 is 0 Å². The maximum atomic E-state index is 12.1. The van der Waals surface area contributed by atoms with Crippen molar-refractivity contribution in [2.75, 3.05) is 25.0 Å². The summed E-state index contributed by atoms with van der Waals surface area (Å²) in [5.74, 6) is 1.31. The first-order valence-corrected chi connectivity index (χ1v) is 8.12. The number of nitrogens with zero attached hydrogens (tertiary/aromatic N) is 2. The molecule has 23 heavy (non-hydrogen) atoms. The van der Waals surface area contributed by atoms with E-state index in [2.05, 4.69) is 24.1 Å². The Kier molecular flexibility index (Phi) is 5.71. The van der Waals surface area contributed by atoms with Gasteiger partial charge in [-0.25, -0.2) is 0 Å². The molecule has 6 heteroatoms. The first-order chi connectivity index (χ1) is 10.8. The molecule has 0 spiro atoms. The molecule has 0 saturated carbocycles. The van der Waals surface area contributed by atoms with E-state index in [9.17, 15) is 14.9 Å². The Morgan fingerprint density at radius 1 is 1.35 bits per heavy atom. The largest absolute Gasteiger partial charge is 0.326 e. The van der Waals surface area contributed by atoms with Crippen LogP contribution in [0.2, 0.25) is 0 Å². The first-order valence-electron chi connectivity index (χ1n) is 8.12. The summed E-state index contributed by atoms with van der Waals surface area (Å²) in [6.45, 7) is 9.12. The van der Waals surface area contributed by atoms with E-state index in [-0.39, 0.29) is 11.6 Å². The molecule has 1 aromatic rings. The Balaban J connectivity index is 1.86. The van der Waals surface area contributed by atoms with Crippen LogP contribution in [0.15, 0.2) is 18.2 Å². The zero-order valence-corrected chi connectivity index (χ0v) is 14.0. The van der Waals surface area contributed by atoms with Crippen LogP contribution in [0, 0.1) is 28.9 Å². The number of benzene rings is 1. The van der Waals surface area contributed by atoms with Crippen molar-refractivity contribution in [2.24, 2.45) is 11.8 Å². The lowest BCUT2D eigenvalue weighted by Crippen LogP contribution is -2.40. The number of aryl methyl sites for hydroxylation is 1. The number of carbonyl (C=O) groups is 1. The third-order valence-corrected chi connectivity index (χ3v) is 4.29. The molecule has 1 fully saturated rings. The fourth-order valence-electron chi connectivity index (χ4n) is 3.35. The molecule has 0 aromatic heterocycles. The molecule has 0 aliphatic carbocycles. The van der Waals surface area contributed by atoms with Crippen LogP contribution in [-0.2, 0) is 4.79 Å². The highest BCUT2D eigenvalue weighted by molar-refractivity contribution is 5.91. The van der Waals surface area contributed by atoms with E-state index in [0.717, 1.165) is 19.6 Å². The molecule has 0 bridgehead atoms. The van der Waals surface area contributed by atoms with Crippen LogP contribution in [0.3, 0.4) is 0 Å². The first kappa shape index (κ1) is 17.4. The van der Waals surface area contributed by atoms with Gasteiger partial charge < -0.3 is 10.2 Å². The van der Waals surface area contributed by atoms with Gasteiger partial charge in [0.2, 0.25) is 5.91 Å². The van der Waals surface area contributed by atoms with Crippen molar-refractivity contribution in [1.82, 2.24) is 4.90 Å². The molecule has 1 amide bonds. The SMILES string of the molecule is Cc1cc([N+](=O)[O-])ccc1NC(=O)CCN1CC(C)CC(C)C1. The second-order valence-electron chi connectivity index (χ2n) is 6.76. The molecule has 1 aliphatic heterocycles. The Bertz CT molecular complexity index is 578. The number of rotatable bonds is 5. The molecule has 1 aliphatic rings. The van der Waals surface area contributed by atoms with Crippen LogP contribution in [-0.4, -0.2) is 35.4 Å². The van der Waals surface area contributed by atoms with Gasteiger partial charge >= 0.3 is 0 Å². The summed E-state index contributed by atoms with van der Waals surface area (Å²) < 4.78 is 0. The van der Waals surface area contributed by atoms with Gasteiger partial charge in [-0.05, 0) is 36.8 Å². The Hall–Kier alpha value is -1.95. The molecule has 2 atom stereocenters. The summed E-state index contributed by atoms with van der Waals surface area (Å²) in [7, 11) is 0. The molecule has 0 radical (unpaired) electrons. The van der Waals surface area contributed by atoms with Gasteiger partial charge in [0.1, 0.15) is 0 Å². The minimum absolute atomic E-state index is 0.0387. The van der Waals surface area contributed by atoms with Crippen LogP contribution in [0.5, 0.6) is 0 Å². The quantitative estimate of drug-likeness (QED) is 0.668. The summed E-state index contributed by atoms with van der Waals surface area (Å²) in [4.78, 5) is 24.8. The third-order valence-electron chi connectivity index (χ3n) is 4.29. The average molecular weight is 319 g/mol. The molecule has 126 valence electrons. The number of likely N-dealkylation sites (tertiary alicyclic amines) is 1. The van der Waals surface area contributed by atoms with E-state index < -0.39 is 4.92 Å². The lowest BCUT2D eigenvalue weighted by molar-refractivity contribution is -0.384. The number of nitrogens with one attached hydrogen (secondary N) is 1. The van der Waals surface area contributed by atoms with Crippen LogP contribution in [0.1, 0.15) is 32.3 Å². The number of piperidine rings is 1. The monoisotopic (exact) mass is 319 g/mol. The molecule has 1 N–H and O–H groups in total. The Labute approximate surface area is 137 Å². The second kappa shape index (κ2) is 7.55. The third kappa shape index (κ3) is 5.03. The van der Waals surface area contributed by atoms with E-state index in [1.54, 1.807) is 13.0 Å². The summed E-state index contributed by atoms with van der Waals surface area (Å²) in [5, 5.41) is 13.6. The van der Waals surface area contributed by atoms with Crippen LogP contribution in [0.4, 0.5) is 11.4 Å².